The van der Waals surface area contributed by atoms with Crippen LogP contribution in [-0.4, -0.2) is 23.7 Å². The second kappa shape index (κ2) is 5.12. The van der Waals surface area contributed by atoms with Gasteiger partial charge in [0.05, 0.1) is 0 Å². The lowest BCUT2D eigenvalue weighted by atomic mass is 10.4. The van der Waals surface area contributed by atoms with Crippen molar-refractivity contribution in [3.63, 3.8) is 0 Å². The van der Waals surface area contributed by atoms with E-state index in [2.05, 4.69) is 11.3 Å². The van der Waals surface area contributed by atoms with Gasteiger partial charge in [-0.05, 0) is 13.0 Å². The molecule has 0 atom stereocenters. The van der Waals surface area contributed by atoms with Gasteiger partial charge in [0.25, 0.3) is 0 Å². The summed E-state index contributed by atoms with van der Waals surface area (Å²) in [6, 6.07) is 0. The van der Waals surface area contributed by atoms with Gasteiger partial charge >= 0.3 is 11.9 Å². The highest BCUT2D eigenvalue weighted by Crippen LogP contribution is 1.91. The molecule has 4 nitrogen and oxygen atoms in total. The first kappa shape index (κ1) is 10.4. The summed E-state index contributed by atoms with van der Waals surface area (Å²) >= 11 is 0. The topological polar surface area (TPSA) is 63.6 Å². The van der Waals surface area contributed by atoms with E-state index in [-0.39, 0.29) is 6.61 Å². The van der Waals surface area contributed by atoms with Crippen LogP contribution in [0.5, 0.6) is 0 Å². The number of ether oxygens (including phenoxy) is 1. The van der Waals surface area contributed by atoms with Gasteiger partial charge in [-0.3, -0.25) is 0 Å². The molecule has 1 N–H and O–H groups in total. The van der Waals surface area contributed by atoms with Crippen LogP contribution in [0.1, 0.15) is 6.92 Å². The van der Waals surface area contributed by atoms with Gasteiger partial charge in [0.1, 0.15) is 6.61 Å². The van der Waals surface area contributed by atoms with Crippen LogP contribution in [0.4, 0.5) is 0 Å². The van der Waals surface area contributed by atoms with Gasteiger partial charge in [-0.1, -0.05) is 6.58 Å². The summed E-state index contributed by atoms with van der Waals surface area (Å²) in [6.07, 6.45) is 2.15. The van der Waals surface area contributed by atoms with E-state index >= 15 is 0 Å². The molecule has 66 valence electrons. The summed E-state index contributed by atoms with van der Waals surface area (Å²) in [6.45, 7) is 4.83. The number of aliphatic carboxylic acids is 1. The normalized spacial score (nSPS) is 9.75. The highest BCUT2D eigenvalue weighted by atomic mass is 16.5. The number of esters is 1. The molecule has 0 amide bonds. The number of hydrogen-bond donors (Lipinski definition) is 1. The van der Waals surface area contributed by atoms with E-state index < -0.39 is 11.9 Å². The highest BCUT2D eigenvalue weighted by molar-refractivity contribution is 5.87. The second-order valence-electron chi connectivity index (χ2n) is 2.12. The number of carboxylic acids is 1. The maximum atomic E-state index is 10.7. The van der Waals surface area contributed by atoms with Crippen LogP contribution < -0.4 is 0 Å². The molecular weight excluding hydrogens is 160 g/mol. The Hall–Kier alpha value is -1.58. The zero-order valence-corrected chi connectivity index (χ0v) is 6.74. The summed E-state index contributed by atoms with van der Waals surface area (Å²) in [7, 11) is 0. The Morgan fingerprint density at radius 1 is 1.58 bits per heavy atom. The fourth-order valence-corrected chi connectivity index (χ4v) is 0.396. The number of carbonyl (C=O) groups excluding carboxylic acids is 1. The fourth-order valence-electron chi connectivity index (χ4n) is 0.396. The predicted molar refractivity (Wildman–Crippen MR) is 42.5 cm³/mol. The molecule has 0 rings (SSSR count). The Bertz CT molecular complexity index is 227. The quantitative estimate of drug-likeness (QED) is 0.499. The van der Waals surface area contributed by atoms with Crippen molar-refractivity contribution in [2.75, 3.05) is 6.61 Å². The van der Waals surface area contributed by atoms with Gasteiger partial charge in [-0.15, -0.1) is 0 Å². The van der Waals surface area contributed by atoms with Crippen molar-refractivity contribution < 1.29 is 19.4 Å². The Labute approximate surface area is 70.1 Å². The van der Waals surface area contributed by atoms with Gasteiger partial charge in [-0.25, -0.2) is 9.59 Å². The van der Waals surface area contributed by atoms with Gasteiger partial charge in [0.15, 0.2) is 0 Å². The molecule has 0 aliphatic heterocycles. The minimum atomic E-state index is -1.07. The van der Waals surface area contributed by atoms with Crippen LogP contribution in [0, 0.1) is 0 Å². The second-order valence-corrected chi connectivity index (χ2v) is 2.12. The van der Waals surface area contributed by atoms with E-state index in [0.717, 1.165) is 6.08 Å². The third kappa shape index (κ3) is 5.22. The van der Waals surface area contributed by atoms with Crippen LogP contribution in [0.3, 0.4) is 0 Å². The van der Waals surface area contributed by atoms with Crippen LogP contribution in [0.2, 0.25) is 0 Å². The molecule has 0 heterocycles. The van der Waals surface area contributed by atoms with Crippen molar-refractivity contribution in [1.29, 1.82) is 0 Å². The smallest absolute Gasteiger partial charge is 0.333 e. The largest absolute Gasteiger partial charge is 0.478 e. The zero-order chi connectivity index (χ0) is 9.56. The standard InChI is InChI=1S/C8H10O4/c1-6(2)8(11)12-5-3-4-7(9)10/h3-4H,1,5H2,2H3,(H,9,10)/b4-3+. The number of hydrogen-bond acceptors (Lipinski definition) is 3. The van der Waals surface area contributed by atoms with Crippen molar-refractivity contribution >= 4 is 11.9 Å². The maximum absolute atomic E-state index is 10.7. The summed E-state index contributed by atoms with van der Waals surface area (Å²) in [5.74, 6) is -1.59. The minimum absolute atomic E-state index is 0.0437. The lowest BCUT2D eigenvalue weighted by Gasteiger charge is -1.98. The number of rotatable bonds is 4. The monoisotopic (exact) mass is 170 g/mol. The van der Waals surface area contributed by atoms with E-state index in [1.54, 1.807) is 0 Å². The van der Waals surface area contributed by atoms with Gasteiger partial charge < -0.3 is 9.84 Å². The molecular formula is C8H10O4. The first-order valence-corrected chi connectivity index (χ1v) is 3.26. The van der Waals surface area contributed by atoms with Crippen LogP contribution in [0.15, 0.2) is 24.3 Å². The molecule has 0 aliphatic carbocycles. The SMILES string of the molecule is C=C(C)C(=O)OC/C=C/C(=O)O. The molecule has 0 unspecified atom stereocenters. The van der Waals surface area contributed by atoms with Crippen LogP contribution >= 0.6 is 0 Å². The molecule has 0 saturated heterocycles. The van der Waals surface area contributed by atoms with Crippen LogP contribution in [-0.2, 0) is 14.3 Å². The van der Waals surface area contributed by atoms with Crippen molar-refractivity contribution in [2.45, 2.75) is 6.92 Å². The molecule has 0 spiro atoms. The van der Waals surface area contributed by atoms with Gasteiger partial charge in [0.2, 0.25) is 0 Å². The number of carboxylic acid groups (broad SMARTS) is 1. The molecule has 0 aromatic heterocycles. The average Bonchev–Trinajstić information content (AvgIpc) is 1.97. The Balaban J connectivity index is 3.64. The first-order valence-electron chi connectivity index (χ1n) is 3.26. The number of carbonyl (C=O) groups is 2. The van der Waals surface area contributed by atoms with E-state index in [0.29, 0.717) is 5.57 Å². The van der Waals surface area contributed by atoms with Gasteiger partial charge in [-0.2, -0.15) is 0 Å². The zero-order valence-electron chi connectivity index (χ0n) is 6.74. The molecule has 0 radical (unpaired) electrons. The predicted octanol–water partition coefficient (Wildman–Crippen LogP) is 0.746. The molecule has 0 aromatic rings. The lowest BCUT2D eigenvalue weighted by Crippen LogP contribution is -2.04. The third-order valence-corrected chi connectivity index (χ3v) is 0.920. The third-order valence-electron chi connectivity index (χ3n) is 0.920. The average molecular weight is 170 g/mol. The Kier molecular flexibility index (Phi) is 4.45. The van der Waals surface area contributed by atoms with Crippen molar-refractivity contribution in [2.24, 2.45) is 0 Å². The summed E-state index contributed by atoms with van der Waals surface area (Å²) in [5, 5.41) is 8.14. The van der Waals surface area contributed by atoms with Crippen molar-refractivity contribution in [3.8, 4) is 0 Å². The van der Waals surface area contributed by atoms with Crippen molar-refractivity contribution in [3.05, 3.63) is 24.3 Å². The molecule has 0 aliphatic rings. The van der Waals surface area contributed by atoms with Crippen LogP contribution in [0.25, 0.3) is 0 Å². The van der Waals surface area contributed by atoms with E-state index in [1.165, 1.54) is 13.0 Å². The highest BCUT2D eigenvalue weighted by Gasteiger charge is 1.99. The van der Waals surface area contributed by atoms with Crippen molar-refractivity contribution in [1.82, 2.24) is 0 Å². The maximum Gasteiger partial charge on any atom is 0.333 e. The molecule has 0 saturated carbocycles. The summed E-state index contributed by atoms with van der Waals surface area (Å²) in [5.41, 5.74) is 0.290. The molecule has 4 heteroatoms. The molecule has 0 fully saturated rings. The van der Waals surface area contributed by atoms with Gasteiger partial charge in [0, 0.05) is 11.6 Å². The summed E-state index contributed by atoms with van der Waals surface area (Å²) < 4.78 is 4.57. The Morgan fingerprint density at radius 3 is 2.58 bits per heavy atom. The Morgan fingerprint density at radius 2 is 2.17 bits per heavy atom. The minimum Gasteiger partial charge on any atom is -0.478 e. The van der Waals surface area contributed by atoms with E-state index in [1.807, 2.05) is 0 Å². The molecule has 0 aromatic carbocycles. The first-order chi connectivity index (χ1) is 5.54. The lowest BCUT2D eigenvalue weighted by molar-refractivity contribution is -0.138. The molecule has 0 bridgehead atoms. The van der Waals surface area contributed by atoms with E-state index in [4.69, 9.17) is 5.11 Å². The fraction of sp³-hybridized carbons (Fsp3) is 0.250. The summed E-state index contributed by atoms with van der Waals surface area (Å²) in [4.78, 5) is 20.6. The molecule has 12 heavy (non-hydrogen) atoms. The van der Waals surface area contributed by atoms with E-state index in [9.17, 15) is 9.59 Å².